The van der Waals surface area contributed by atoms with Crippen LogP contribution in [0.5, 0.6) is 0 Å². The highest BCUT2D eigenvalue weighted by atomic mass is 35.5. The smallest absolute Gasteiger partial charge is 0.266 e. The molecule has 2 aromatic carbocycles. The summed E-state index contributed by atoms with van der Waals surface area (Å²) < 4.78 is 1.59. The number of fused-ring (bicyclic) bond motifs is 1. The average molecular weight is 496 g/mol. The molecule has 1 aliphatic heterocycles. The van der Waals surface area contributed by atoms with Crippen molar-refractivity contribution in [1.82, 2.24) is 14.5 Å². The number of benzene rings is 2. The fraction of sp³-hybridized carbons (Fsp3) is 0.240. The van der Waals surface area contributed by atoms with E-state index in [1.807, 2.05) is 48.2 Å². The van der Waals surface area contributed by atoms with Gasteiger partial charge in [0.25, 0.3) is 5.56 Å². The highest BCUT2D eigenvalue weighted by molar-refractivity contribution is 7.99. The van der Waals surface area contributed by atoms with E-state index in [0.29, 0.717) is 26.8 Å². The minimum absolute atomic E-state index is 0.0627. The molecule has 0 spiro atoms. The SMILES string of the molecule is Cc1c(Cl)cccc1-n1c(SCC(=O)N2CCCC2c2cccs2)nc2ccccc2c1=O. The van der Waals surface area contributed by atoms with Gasteiger partial charge in [-0.25, -0.2) is 4.98 Å². The van der Waals surface area contributed by atoms with Crippen molar-refractivity contribution in [3.63, 3.8) is 0 Å². The van der Waals surface area contributed by atoms with E-state index >= 15 is 0 Å². The normalized spacial score (nSPS) is 15.9. The molecular weight excluding hydrogens is 474 g/mol. The lowest BCUT2D eigenvalue weighted by molar-refractivity contribution is -0.129. The van der Waals surface area contributed by atoms with E-state index in [4.69, 9.17) is 16.6 Å². The number of likely N-dealkylation sites (tertiary alicyclic amines) is 1. The van der Waals surface area contributed by atoms with Crippen LogP contribution in [0.4, 0.5) is 0 Å². The van der Waals surface area contributed by atoms with Crippen molar-refractivity contribution in [3.8, 4) is 5.69 Å². The molecule has 0 aliphatic carbocycles. The number of para-hydroxylation sites is 1. The number of rotatable bonds is 5. The maximum atomic E-state index is 13.5. The second-order valence-corrected chi connectivity index (χ2v) is 10.3. The molecule has 0 bridgehead atoms. The number of thiophene rings is 1. The zero-order valence-electron chi connectivity index (χ0n) is 18.0. The summed E-state index contributed by atoms with van der Waals surface area (Å²) in [4.78, 5) is 34.7. The molecule has 0 N–H and O–H groups in total. The van der Waals surface area contributed by atoms with Crippen molar-refractivity contribution in [2.24, 2.45) is 0 Å². The van der Waals surface area contributed by atoms with Crippen LogP contribution < -0.4 is 5.56 Å². The molecule has 0 radical (unpaired) electrons. The van der Waals surface area contributed by atoms with Crippen LogP contribution in [0.2, 0.25) is 5.02 Å². The second kappa shape index (κ2) is 9.33. The lowest BCUT2D eigenvalue weighted by Crippen LogP contribution is -2.32. The topological polar surface area (TPSA) is 55.2 Å². The van der Waals surface area contributed by atoms with Crippen LogP contribution in [-0.2, 0) is 4.79 Å². The molecule has 4 aromatic rings. The Morgan fingerprint density at radius 1 is 1.18 bits per heavy atom. The number of carbonyl (C=O) groups excluding carboxylic acids is 1. The molecule has 168 valence electrons. The van der Waals surface area contributed by atoms with Gasteiger partial charge in [-0.1, -0.05) is 47.6 Å². The fourth-order valence-corrected chi connectivity index (χ4v) is 6.25. The number of hydrogen-bond acceptors (Lipinski definition) is 5. The van der Waals surface area contributed by atoms with Gasteiger partial charge in [0.2, 0.25) is 5.91 Å². The summed E-state index contributed by atoms with van der Waals surface area (Å²) in [6.45, 7) is 2.64. The lowest BCUT2D eigenvalue weighted by Gasteiger charge is -2.24. The van der Waals surface area contributed by atoms with Gasteiger partial charge in [-0.05, 0) is 61.0 Å². The molecule has 2 aromatic heterocycles. The fourth-order valence-electron chi connectivity index (χ4n) is 4.31. The van der Waals surface area contributed by atoms with Gasteiger partial charge in [0, 0.05) is 16.4 Å². The highest BCUT2D eigenvalue weighted by Crippen LogP contribution is 2.35. The molecule has 1 saturated heterocycles. The van der Waals surface area contributed by atoms with E-state index in [1.54, 1.807) is 28.0 Å². The van der Waals surface area contributed by atoms with Crippen LogP contribution >= 0.6 is 34.7 Å². The van der Waals surface area contributed by atoms with E-state index < -0.39 is 0 Å². The quantitative estimate of drug-likeness (QED) is 0.257. The Balaban J connectivity index is 1.51. The molecule has 3 heterocycles. The van der Waals surface area contributed by atoms with Crippen LogP contribution in [0.15, 0.2) is 69.9 Å². The minimum Gasteiger partial charge on any atom is -0.334 e. The number of carbonyl (C=O) groups is 1. The molecule has 8 heteroatoms. The zero-order valence-corrected chi connectivity index (χ0v) is 20.4. The summed E-state index contributed by atoms with van der Waals surface area (Å²) in [6.07, 6.45) is 1.98. The number of nitrogens with zero attached hydrogens (tertiary/aromatic N) is 3. The Bertz CT molecular complexity index is 1380. The Morgan fingerprint density at radius 3 is 2.85 bits per heavy atom. The van der Waals surface area contributed by atoms with Crippen LogP contribution in [0.1, 0.15) is 29.3 Å². The van der Waals surface area contributed by atoms with E-state index in [1.165, 1.54) is 16.6 Å². The molecule has 1 fully saturated rings. The molecule has 1 atom stereocenters. The van der Waals surface area contributed by atoms with E-state index in [9.17, 15) is 9.59 Å². The van der Waals surface area contributed by atoms with Crippen LogP contribution in [-0.4, -0.2) is 32.7 Å². The van der Waals surface area contributed by atoms with Gasteiger partial charge in [0.15, 0.2) is 5.16 Å². The first-order chi connectivity index (χ1) is 16.0. The Labute approximate surface area is 205 Å². The zero-order chi connectivity index (χ0) is 22.9. The number of aromatic nitrogens is 2. The highest BCUT2D eigenvalue weighted by Gasteiger charge is 2.30. The van der Waals surface area contributed by atoms with Gasteiger partial charge in [-0.15, -0.1) is 11.3 Å². The van der Waals surface area contributed by atoms with Gasteiger partial charge >= 0.3 is 0 Å². The van der Waals surface area contributed by atoms with Gasteiger partial charge in [-0.3, -0.25) is 14.2 Å². The van der Waals surface area contributed by atoms with Crippen molar-refractivity contribution in [2.45, 2.75) is 31.0 Å². The van der Waals surface area contributed by atoms with Crippen LogP contribution in [0.25, 0.3) is 16.6 Å². The third kappa shape index (κ3) is 4.21. The molecule has 33 heavy (non-hydrogen) atoms. The van der Waals surface area contributed by atoms with Crippen molar-refractivity contribution >= 4 is 51.5 Å². The summed E-state index contributed by atoms with van der Waals surface area (Å²) in [5.74, 6) is 0.277. The van der Waals surface area contributed by atoms with Gasteiger partial charge in [0.05, 0.1) is 28.4 Å². The van der Waals surface area contributed by atoms with Crippen LogP contribution in [0, 0.1) is 6.92 Å². The molecule has 0 saturated carbocycles. The Hall–Kier alpha value is -2.61. The number of thioether (sulfide) groups is 1. The van der Waals surface area contributed by atoms with Gasteiger partial charge in [-0.2, -0.15) is 0 Å². The summed E-state index contributed by atoms with van der Waals surface area (Å²) in [7, 11) is 0. The van der Waals surface area contributed by atoms with Gasteiger partial charge in [0.1, 0.15) is 0 Å². The van der Waals surface area contributed by atoms with Crippen molar-refractivity contribution in [3.05, 3.63) is 85.8 Å². The number of hydrogen-bond donors (Lipinski definition) is 0. The standard InChI is InChI=1S/C25H22ClN3O2S2/c1-16-18(26)8-4-10-20(16)29-24(31)17-7-2-3-9-19(17)27-25(29)33-15-23(30)28-13-5-11-21(28)22-12-6-14-32-22/h2-4,6-10,12,14,21H,5,11,13,15H2,1H3. The van der Waals surface area contributed by atoms with E-state index in [0.717, 1.165) is 24.9 Å². The summed E-state index contributed by atoms with van der Waals surface area (Å²) in [5.41, 5.74) is 1.92. The molecule has 1 amide bonds. The summed E-state index contributed by atoms with van der Waals surface area (Å²) in [6, 6.07) is 17.0. The third-order valence-corrected chi connectivity index (χ3v) is 8.30. The van der Waals surface area contributed by atoms with Crippen molar-refractivity contribution in [1.29, 1.82) is 0 Å². The summed E-state index contributed by atoms with van der Waals surface area (Å²) >= 11 is 9.35. The second-order valence-electron chi connectivity index (χ2n) is 7.99. The maximum Gasteiger partial charge on any atom is 0.266 e. The molecule has 5 rings (SSSR count). The number of amides is 1. The maximum absolute atomic E-state index is 13.5. The predicted molar refractivity (Wildman–Crippen MR) is 136 cm³/mol. The summed E-state index contributed by atoms with van der Waals surface area (Å²) in [5, 5.41) is 3.65. The van der Waals surface area contributed by atoms with E-state index in [-0.39, 0.29) is 23.3 Å². The first-order valence-corrected chi connectivity index (χ1v) is 13.0. The lowest BCUT2D eigenvalue weighted by atomic mass is 10.2. The first-order valence-electron chi connectivity index (χ1n) is 10.8. The third-order valence-electron chi connectivity index (χ3n) is 5.99. The van der Waals surface area contributed by atoms with E-state index in [2.05, 4.69) is 11.4 Å². The largest absolute Gasteiger partial charge is 0.334 e. The first kappa shape index (κ1) is 22.2. The van der Waals surface area contributed by atoms with Gasteiger partial charge < -0.3 is 4.90 Å². The van der Waals surface area contributed by atoms with Crippen molar-refractivity contribution in [2.75, 3.05) is 12.3 Å². The molecular formula is C25H22ClN3O2S2. The Kier molecular flexibility index (Phi) is 6.27. The average Bonchev–Trinajstić information content (AvgIpc) is 3.52. The molecule has 1 unspecified atom stereocenters. The predicted octanol–water partition coefficient (Wildman–Crippen LogP) is 5.86. The monoisotopic (exact) mass is 495 g/mol. The van der Waals surface area contributed by atoms with Crippen molar-refractivity contribution < 1.29 is 4.79 Å². The molecule has 1 aliphatic rings. The minimum atomic E-state index is -0.168. The van der Waals surface area contributed by atoms with Crippen LogP contribution in [0.3, 0.4) is 0 Å². The Morgan fingerprint density at radius 2 is 2.03 bits per heavy atom. The molecule has 5 nitrogen and oxygen atoms in total. The number of halogens is 1.